The molecule has 0 radical (unpaired) electrons. The van der Waals surface area contributed by atoms with Crippen LogP contribution in [-0.4, -0.2) is 22.7 Å². The van der Waals surface area contributed by atoms with Crippen molar-refractivity contribution in [3.05, 3.63) is 82.4 Å². The molecule has 28 heavy (non-hydrogen) atoms. The number of benzene rings is 2. The summed E-state index contributed by atoms with van der Waals surface area (Å²) in [4.78, 5) is 40.5. The van der Waals surface area contributed by atoms with Gasteiger partial charge in [0, 0.05) is 16.5 Å². The molecule has 3 N–H and O–H groups in total. The van der Waals surface area contributed by atoms with E-state index in [1.807, 2.05) is 25.1 Å². The van der Waals surface area contributed by atoms with E-state index in [-0.39, 0.29) is 18.2 Å². The fraction of sp³-hybridized carbons (Fsp3) is 0.100. The molecule has 0 fully saturated rings. The van der Waals surface area contributed by atoms with E-state index in [0.29, 0.717) is 22.0 Å². The van der Waals surface area contributed by atoms with Crippen molar-refractivity contribution in [3.63, 3.8) is 0 Å². The summed E-state index contributed by atoms with van der Waals surface area (Å²) in [6.45, 7) is 1.82. The molecule has 3 aromatic rings. The van der Waals surface area contributed by atoms with Crippen molar-refractivity contribution < 1.29 is 14.4 Å². The van der Waals surface area contributed by atoms with Crippen LogP contribution in [0.25, 0.3) is 0 Å². The van der Waals surface area contributed by atoms with Crippen LogP contribution >= 0.6 is 11.3 Å². The molecule has 1 heterocycles. The number of nitrogens with one attached hydrogen (secondary N) is 3. The normalized spacial score (nSPS) is 10.2. The van der Waals surface area contributed by atoms with Crippen LogP contribution in [0, 0.1) is 6.92 Å². The van der Waals surface area contributed by atoms with Gasteiger partial charge in [0.2, 0.25) is 5.91 Å². The van der Waals surface area contributed by atoms with Gasteiger partial charge in [-0.25, -0.2) is 4.98 Å². The second kappa shape index (κ2) is 8.92. The molecule has 8 heteroatoms. The molecule has 3 rings (SSSR count). The number of carbonyl (C=O) groups is 3. The van der Waals surface area contributed by atoms with Crippen molar-refractivity contribution in [2.45, 2.75) is 13.3 Å². The third kappa shape index (κ3) is 5.01. The second-order valence-electron chi connectivity index (χ2n) is 5.96. The van der Waals surface area contributed by atoms with E-state index in [9.17, 15) is 14.4 Å². The molecule has 1 aromatic heterocycles. The minimum Gasteiger partial charge on any atom is -0.298 e. The van der Waals surface area contributed by atoms with Crippen LogP contribution in [0.15, 0.2) is 60.0 Å². The largest absolute Gasteiger partial charge is 0.298 e. The summed E-state index contributed by atoms with van der Waals surface area (Å²) in [6, 6.07) is 15.9. The fourth-order valence-corrected chi connectivity index (χ4v) is 3.14. The number of nitrogens with zero attached hydrogens (tertiary/aromatic N) is 1. The van der Waals surface area contributed by atoms with E-state index >= 15 is 0 Å². The SMILES string of the molecule is Cc1ccccc1C(=O)NNC(=O)Cc1csc(NC(=O)c2ccccc2)n1. The molecule has 0 aliphatic rings. The molecule has 0 saturated heterocycles. The van der Waals surface area contributed by atoms with Crippen LogP contribution in [0.2, 0.25) is 0 Å². The van der Waals surface area contributed by atoms with Crippen molar-refractivity contribution in [2.24, 2.45) is 0 Å². The maximum absolute atomic E-state index is 12.1. The van der Waals surface area contributed by atoms with Crippen molar-refractivity contribution in [2.75, 3.05) is 5.32 Å². The summed E-state index contributed by atoms with van der Waals surface area (Å²) < 4.78 is 0. The first-order valence-corrected chi connectivity index (χ1v) is 9.36. The first-order chi connectivity index (χ1) is 13.5. The third-order valence-corrected chi connectivity index (χ3v) is 4.66. The number of aryl methyl sites for hydroxylation is 1. The summed E-state index contributed by atoms with van der Waals surface area (Å²) in [7, 11) is 0. The van der Waals surface area contributed by atoms with Crippen LogP contribution in [0.4, 0.5) is 5.13 Å². The quantitative estimate of drug-likeness (QED) is 0.579. The molecule has 2 aromatic carbocycles. The van der Waals surface area contributed by atoms with Crippen molar-refractivity contribution in [3.8, 4) is 0 Å². The zero-order valence-corrected chi connectivity index (χ0v) is 15.9. The van der Waals surface area contributed by atoms with E-state index in [4.69, 9.17) is 0 Å². The van der Waals surface area contributed by atoms with Crippen LogP contribution in [0.5, 0.6) is 0 Å². The van der Waals surface area contributed by atoms with E-state index in [2.05, 4.69) is 21.2 Å². The van der Waals surface area contributed by atoms with Gasteiger partial charge in [-0.2, -0.15) is 0 Å². The maximum Gasteiger partial charge on any atom is 0.269 e. The molecule has 0 spiro atoms. The molecule has 142 valence electrons. The van der Waals surface area contributed by atoms with Gasteiger partial charge in [-0.1, -0.05) is 36.4 Å². The number of anilines is 1. The standard InChI is InChI=1S/C20H18N4O3S/c1-13-7-5-6-10-16(13)19(27)24-23-17(25)11-15-12-28-20(21-15)22-18(26)14-8-3-2-4-9-14/h2-10,12H,11H2,1H3,(H,23,25)(H,24,27)(H,21,22,26). The lowest BCUT2D eigenvalue weighted by atomic mass is 10.1. The van der Waals surface area contributed by atoms with Crippen LogP contribution in [-0.2, 0) is 11.2 Å². The Hall–Kier alpha value is -3.52. The van der Waals surface area contributed by atoms with Crippen LogP contribution < -0.4 is 16.2 Å². The smallest absolute Gasteiger partial charge is 0.269 e. The second-order valence-corrected chi connectivity index (χ2v) is 6.82. The van der Waals surface area contributed by atoms with Gasteiger partial charge >= 0.3 is 0 Å². The Morgan fingerprint density at radius 2 is 1.64 bits per heavy atom. The molecular weight excluding hydrogens is 376 g/mol. The summed E-state index contributed by atoms with van der Waals surface area (Å²) in [5.41, 5.74) is 7.08. The molecule has 0 aliphatic carbocycles. The number of hydrogen-bond donors (Lipinski definition) is 3. The molecule has 0 aliphatic heterocycles. The highest BCUT2D eigenvalue weighted by Gasteiger charge is 2.13. The molecule has 7 nitrogen and oxygen atoms in total. The maximum atomic E-state index is 12.1. The van der Waals surface area contributed by atoms with Crippen LogP contribution in [0.1, 0.15) is 32.0 Å². The van der Waals surface area contributed by atoms with Gasteiger partial charge in [0.05, 0.1) is 12.1 Å². The van der Waals surface area contributed by atoms with E-state index < -0.39 is 5.91 Å². The number of rotatable bonds is 5. The van der Waals surface area contributed by atoms with Crippen molar-refractivity contribution >= 4 is 34.2 Å². The van der Waals surface area contributed by atoms with E-state index in [1.165, 1.54) is 11.3 Å². The fourth-order valence-electron chi connectivity index (χ4n) is 2.43. The minimum absolute atomic E-state index is 0.0221. The van der Waals surface area contributed by atoms with Gasteiger partial charge < -0.3 is 0 Å². The number of thiazole rings is 1. The lowest BCUT2D eigenvalue weighted by molar-refractivity contribution is -0.121. The minimum atomic E-state index is -0.409. The Morgan fingerprint density at radius 3 is 2.39 bits per heavy atom. The zero-order valence-electron chi connectivity index (χ0n) is 15.1. The Bertz CT molecular complexity index is 1000. The highest BCUT2D eigenvalue weighted by Crippen LogP contribution is 2.17. The van der Waals surface area contributed by atoms with Gasteiger partial charge in [0.1, 0.15) is 0 Å². The number of carbonyl (C=O) groups excluding carboxylic acids is 3. The van der Waals surface area contributed by atoms with Gasteiger partial charge in [0.15, 0.2) is 5.13 Å². The molecule has 0 saturated carbocycles. The van der Waals surface area contributed by atoms with Crippen molar-refractivity contribution in [1.29, 1.82) is 0 Å². The molecule has 0 bridgehead atoms. The topological polar surface area (TPSA) is 100 Å². The first-order valence-electron chi connectivity index (χ1n) is 8.48. The van der Waals surface area contributed by atoms with E-state index in [1.54, 1.807) is 41.8 Å². The Morgan fingerprint density at radius 1 is 0.929 bits per heavy atom. The highest BCUT2D eigenvalue weighted by atomic mass is 32.1. The third-order valence-electron chi connectivity index (χ3n) is 3.86. The highest BCUT2D eigenvalue weighted by molar-refractivity contribution is 7.14. The van der Waals surface area contributed by atoms with E-state index in [0.717, 1.165) is 5.56 Å². The molecule has 3 amide bonds. The lowest BCUT2D eigenvalue weighted by Gasteiger charge is -2.08. The average molecular weight is 394 g/mol. The van der Waals surface area contributed by atoms with Gasteiger partial charge in [0.25, 0.3) is 11.8 Å². The first kappa shape index (κ1) is 19.2. The van der Waals surface area contributed by atoms with Crippen LogP contribution in [0.3, 0.4) is 0 Å². The summed E-state index contributed by atoms with van der Waals surface area (Å²) in [6.07, 6.45) is -0.0221. The number of hydrogen-bond acceptors (Lipinski definition) is 5. The Kier molecular flexibility index (Phi) is 6.13. The molecule has 0 atom stereocenters. The predicted molar refractivity (Wildman–Crippen MR) is 107 cm³/mol. The Balaban J connectivity index is 1.51. The zero-order chi connectivity index (χ0) is 19.9. The number of amides is 3. The van der Waals surface area contributed by atoms with Gasteiger partial charge in [-0.15, -0.1) is 11.3 Å². The summed E-state index contributed by atoms with van der Waals surface area (Å²) in [5, 5.41) is 4.78. The molecular formula is C20H18N4O3S. The number of aromatic nitrogens is 1. The summed E-state index contributed by atoms with van der Waals surface area (Å²) >= 11 is 1.23. The predicted octanol–water partition coefficient (Wildman–Crippen LogP) is 2.71. The van der Waals surface area contributed by atoms with Gasteiger partial charge in [-0.3, -0.25) is 30.6 Å². The average Bonchev–Trinajstić information content (AvgIpc) is 3.13. The van der Waals surface area contributed by atoms with Gasteiger partial charge in [-0.05, 0) is 30.7 Å². The lowest BCUT2D eigenvalue weighted by Crippen LogP contribution is -2.42. The number of hydrazine groups is 1. The van der Waals surface area contributed by atoms with Crippen molar-refractivity contribution in [1.82, 2.24) is 15.8 Å². The molecule has 0 unspecified atom stereocenters. The summed E-state index contributed by atoms with van der Waals surface area (Å²) in [5.74, 6) is -1.06. The monoisotopic (exact) mass is 394 g/mol. The Labute approximate surface area is 165 Å².